The molecular formula is C13H14Cl2N2O. The lowest BCUT2D eigenvalue weighted by molar-refractivity contribution is 0.526. The first-order valence-electron chi connectivity index (χ1n) is 5.76. The average Bonchev–Trinajstić information content (AvgIpc) is 2.81. The maximum Gasteiger partial charge on any atom is 0.0935 e. The minimum Gasteiger partial charge on any atom is -0.472 e. The van der Waals surface area contributed by atoms with E-state index in [4.69, 9.17) is 27.6 Å². The SMILES string of the molecule is CCNC(Cc1ccoc1)c1ncc(Cl)cc1Cl. The number of nitrogens with zero attached hydrogens (tertiary/aromatic N) is 1. The summed E-state index contributed by atoms with van der Waals surface area (Å²) in [5, 5.41) is 4.49. The third kappa shape index (κ3) is 3.25. The lowest BCUT2D eigenvalue weighted by atomic mass is 10.1. The number of aromatic nitrogens is 1. The number of hydrogen-bond donors (Lipinski definition) is 1. The van der Waals surface area contributed by atoms with Gasteiger partial charge >= 0.3 is 0 Å². The van der Waals surface area contributed by atoms with Gasteiger partial charge in [-0.3, -0.25) is 4.98 Å². The van der Waals surface area contributed by atoms with E-state index in [-0.39, 0.29) is 6.04 Å². The van der Waals surface area contributed by atoms with Gasteiger partial charge in [-0.05, 0) is 30.7 Å². The molecule has 0 saturated heterocycles. The van der Waals surface area contributed by atoms with Gasteiger partial charge in [-0.15, -0.1) is 0 Å². The van der Waals surface area contributed by atoms with Gasteiger partial charge in [-0.25, -0.2) is 0 Å². The highest BCUT2D eigenvalue weighted by atomic mass is 35.5. The molecule has 0 amide bonds. The lowest BCUT2D eigenvalue weighted by Gasteiger charge is -2.17. The summed E-state index contributed by atoms with van der Waals surface area (Å²) in [4.78, 5) is 4.32. The Hall–Kier alpha value is -1.03. The fourth-order valence-electron chi connectivity index (χ4n) is 1.84. The van der Waals surface area contributed by atoms with Gasteiger partial charge in [-0.2, -0.15) is 0 Å². The van der Waals surface area contributed by atoms with Gasteiger partial charge < -0.3 is 9.73 Å². The average molecular weight is 285 g/mol. The van der Waals surface area contributed by atoms with Gasteiger partial charge in [0.05, 0.1) is 34.3 Å². The minimum absolute atomic E-state index is 0.0531. The quantitative estimate of drug-likeness (QED) is 0.906. The van der Waals surface area contributed by atoms with E-state index in [1.807, 2.05) is 13.0 Å². The second-order valence-electron chi connectivity index (χ2n) is 3.97. The van der Waals surface area contributed by atoms with Crippen LogP contribution in [0.15, 0.2) is 35.3 Å². The highest BCUT2D eigenvalue weighted by Gasteiger charge is 2.16. The van der Waals surface area contributed by atoms with Crippen LogP contribution < -0.4 is 5.32 Å². The predicted octanol–water partition coefficient (Wildman–Crippen LogP) is 3.87. The largest absolute Gasteiger partial charge is 0.472 e. The van der Waals surface area contributed by atoms with E-state index in [2.05, 4.69) is 10.3 Å². The summed E-state index contributed by atoms with van der Waals surface area (Å²) in [7, 11) is 0. The van der Waals surface area contributed by atoms with Crippen LogP contribution in [-0.4, -0.2) is 11.5 Å². The van der Waals surface area contributed by atoms with Crippen molar-refractivity contribution in [2.24, 2.45) is 0 Å². The third-order valence-corrected chi connectivity index (χ3v) is 3.15. The number of nitrogens with one attached hydrogen (secondary N) is 1. The van der Waals surface area contributed by atoms with Crippen LogP contribution in [0.2, 0.25) is 10.0 Å². The summed E-state index contributed by atoms with van der Waals surface area (Å²) >= 11 is 12.0. The van der Waals surface area contributed by atoms with Crippen LogP contribution in [0.1, 0.15) is 24.2 Å². The van der Waals surface area contributed by atoms with Crippen molar-refractivity contribution in [1.29, 1.82) is 0 Å². The van der Waals surface area contributed by atoms with E-state index >= 15 is 0 Å². The van der Waals surface area contributed by atoms with Crippen LogP contribution in [0, 0.1) is 0 Å². The molecule has 96 valence electrons. The first-order chi connectivity index (χ1) is 8.70. The lowest BCUT2D eigenvalue weighted by Crippen LogP contribution is -2.24. The molecule has 1 unspecified atom stereocenters. The summed E-state index contributed by atoms with van der Waals surface area (Å²) in [5.41, 5.74) is 1.91. The summed E-state index contributed by atoms with van der Waals surface area (Å²) in [5.74, 6) is 0. The van der Waals surface area contributed by atoms with Gasteiger partial charge in [0.15, 0.2) is 0 Å². The Morgan fingerprint density at radius 1 is 1.44 bits per heavy atom. The molecule has 0 spiro atoms. The molecule has 0 fully saturated rings. The fourth-order valence-corrected chi connectivity index (χ4v) is 2.35. The zero-order valence-electron chi connectivity index (χ0n) is 9.99. The first kappa shape index (κ1) is 13.4. The third-order valence-electron chi connectivity index (χ3n) is 2.64. The van der Waals surface area contributed by atoms with Crippen molar-refractivity contribution in [3.05, 3.63) is 52.2 Å². The minimum atomic E-state index is 0.0531. The molecule has 0 aromatic carbocycles. The van der Waals surface area contributed by atoms with Gasteiger partial charge in [0.2, 0.25) is 0 Å². The summed E-state index contributed by atoms with van der Waals surface area (Å²) in [6, 6.07) is 3.71. The zero-order chi connectivity index (χ0) is 13.0. The van der Waals surface area contributed by atoms with Crippen LogP contribution in [0.4, 0.5) is 0 Å². The normalized spacial score (nSPS) is 12.6. The molecule has 0 radical (unpaired) electrons. The molecule has 0 aliphatic rings. The topological polar surface area (TPSA) is 38.1 Å². The molecule has 0 aliphatic carbocycles. The van der Waals surface area contributed by atoms with Crippen LogP contribution in [0.25, 0.3) is 0 Å². The van der Waals surface area contributed by atoms with Crippen molar-refractivity contribution < 1.29 is 4.42 Å². The Morgan fingerprint density at radius 2 is 2.28 bits per heavy atom. The van der Waals surface area contributed by atoms with Gasteiger partial charge in [0.1, 0.15) is 0 Å². The van der Waals surface area contributed by atoms with Crippen LogP contribution >= 0.6 is 23.2 Å². The number of halogens is 2. The van der Waals surface area contributed by atoms with Crippen LogP contribution in [-0.2, 0) is 6.42 Å². The van der Waals surface area contributed by atoms with Gasteiger partial charge in [0.25, 0.3) is 0 Å². The summed E-state index contributed by atoms with van der Waals surface area (Å²) < 4.78 is 5.08. The van der Waals surface area contributed by atoms with Crippen molar-refractivity contribution in [1.82, 2.24) is 10.3 Å². The summed E-state index contributed by atoms with van der Waals surface area (Å²) in [6.45, 7) is 2.88. The monoisotopic (exact) mass is 284 g/mol. The maximum absolute atomic E-state index is 6.19. The highest BCUT2D eigenvalue weighted by molar-refractivity contribution is 6.34. The Morgan fingerprint density at radius 3 is 2.89 bits per heavy atom. The molecule has 0 bridgehead atoms. The first-order valence-corrected chi connectivity index (χ1v) is 6.51. The van der Waals surface area contributed by atoms with Crippen molar-refractivity contribution >= 4 is 23.2 Å². The molecule has 3 nitrogen and oxygen atoms in total. The maximum atomic E-state index is 6.19. The molecule has 2 heterocycles. The Kier molecular flexibility index (Phi) is 4.64. The van der Waals surface area contributed by atoms with E-state index in [9.17, 15) is 0 Å². The van der Waals surface area contributed by atoms with E-state index < -0.39 is 0 Å². The fraction of sp³-hybridized carbons (Fsp3) is 0.308. The Balaban J connectivity index is 2.23. The number of pyridine rings is 1. The van der Waals surface area contributed by atoms with E-state index in [0.717, 1.165) is 24.2 Å². The second-order valence-corrected chi connectivity index (χ2v) is 4.81. The Bertz CT molecular complexity index is 500. The molecule has 2 aromatic heterocycles. The standard InChI is InChI=1S/C13H14Cl2N2O/c1-2-16-12(5-9-3-4-18-8-9)13-11(15)6-10(14)7-17-13/h3-4,6-8,12,16H,2,5H2,1H3. The molecule has 0 aliphatic heterocycles. The smallest absolute Gasteiger partial charge is 0.0935 e. The summed E-state index contributed by atoms with van der Waals surface area (Å²) in [6.07, 6.45) is 5.78. The molecule has 2 aromatic rings. The number of hydrogen-bond acceptors (Lipinski definition) is 3. The van der Waals surface area contributed by atoms with E-state index in [1.54, 1.807) is 24.8 Å². The van der Waals surface area contributed by atoms with Crippen LogP contribution in [0.5, 0.6) is 0 Å². The van der Waals surface area contributed by atoms with Gasteiger partial charge in [0, 0.05) is 6.20 Å². The van der Waals surface area contributed by atoms with Crippen molar-refractivity contribution in [3.8, 4) is 0 Å². The number of furan rings is 1. The molecule has 2 rings (SSSR count). The predicted molar refractivity (Wildman–Crippen MR) is 73.1 cm³/mol. The van der Waals surface area contributed by atoms with Crippen molar-refractivity contribution in [2.75, 3.05) is 6.54 Å². The van der Waals surface area contributed by atoms with Crippen molar-refractivity contribution in [2.45, 2.75) is 19.4 Å². The zero-order valence-corrected chi connectivity index (χ0v) is 11.5. The van der Waals surface area contributed by atoms with Gasteiger partial charge in [-0.1, -0.05) is 30.1 Å². The number of rotatable bonds is 5. The molecule has 0 saturated carbocycles. The highest BCUT2D eigenvalue weighted by Crippen LogP contribution is 2.26. The van der Waals surface area contributed by atoms with Crippen LogP contribution in [0.3, 0.4) is 0 Å². The molecule has 1 atom stereocenters. The van der Waals surface area contributed by atoms with E-state index in [1.165, 1.54) is 0 Å². The molecule has 18 heavy (non-hydrogen) atoms. The molecule has 1 N–H and O–H groups in total. The Labute approximate surface area is 116 Å². The second kappa shape index (κ2) is 6.23. The van der Waals surface area contributed by atoms with Crippen molar-refractivity contribution in [3.63, 3.8) is 0 Å². The van der Waals surface area contributed by atoms with E-state index in [0.29, 0.717) is 10.0 Å². The molecular weight excluding hydrogens is 271 g/mol. The number of likely N-dealkylation sites (N-methyl/N-ethyl adjacent to an activating group) is 1. The molecule has 5 heteroatoms.